The molecule has 2 heterocycles. The molecule has 0 radical (unpaired) electrons. The molecular weight excluding hydrogens is 364 g/mol. The van der Waals surface area contributed by atoms with Gasteiger partial charge in [-0.15, -0.1) is 0 Å². The van der Waals surface area contributed by atoms with Crippen molar-refractivity contribution in [2.45, 2.75) is 58.4 Å². The highest BCUT2D eigenvalue weighted by atomic mass is 16.2. The van der Waals surface area contributed by atoms with Crippen molar-refractivity contribution in [3.05, 3.63) is 47.2 Å². The largest absolute Gasteiger partial charge is 0.342 e. The number of nitrogens with zero attached hydrogens (tertiary/aromatic N) is 3. The van der Waals surface area contributed by atoms with Crippen molar-refractivity contribution in [1.82, 2.24) is 14.7 Å². The van der Waals surface area contributed by atoms with Crippen LogP contribution in [-0.4, -0.2) is 39.6 Å². The van der Waals surface area contributed by atoms with Gasteiger partial charge in [-0.2, -0.15) is 5.10 Å². The summed E-state index contributed by atoms with van der Waals surface area (Å²) in [7, 11) is 0. The van der Waals surface area contributed by atoms with Crippen LogP contribution in [0, 0.1) is 12.8 Å². The van der Waals surface area contributed by atoms with E-state index >= 15 is 0 Å². The van der Waals surface area contributed by atoms with E-state index in [4.69, 9.17) is 0 Å². The lowest BCUT2D eigenvalue weighted by molar-refractivity contribution is -0.134. The molecule has 1 aliphatic carbocycles. The molecule has 1 N–H and O–H groups in total. The minimum absolute atomic E-state index is 0.00690. The molecule has 2 aromatic rings. The maximum atomic E-state index is 13.1. The van der Waals surface area contributed by atoms with Crippen LogP contribution < -0.4 is 5.32 Å². The molecule has 0 bridgehead atoms. The molecular formula is C23H30N4O2. The molecule has 0 spiro atoms. The first-order chi connectivity index (χ1) is 14.1. The maximum absolute atomic E-state index is 13.1. The van der Waals surface area contributed by atoms with E-state index < -0.39 is 0 Å². The SMILES string of the molecule is CCC(=O)N1CCCC(C(=O)Nc2c(C)cnn2C2CCCc3ccccc32)C1. The van der Waals surface area contributed by atoms with E-state index in [9.17, 15) is 9.59 Å². The number of amides is 2. The molecule has 6 nitrogen and oxygen atoms in total. The summed E-state index contributed by atoms with van der Waals surface area (Å²) in [6, 6.07) is 8.68. The number of fused-ring (bicyclic) bond motifs is 1. The molecule has 1 saturated heterocycles. The molecule has 2 aliphatic rings. The minimum Gasteiger partial charge on any atom is -0.342 e. The molecule has 1 aliphatic heterocycles. The van der Waals surface area contributed by atoms with Gasteiger partial charge in [-0.25, -0.2) is 4.68 Å². The quantitative estimate of drug-likeness (QED) is 0.860. The van der Waals surface area contributed by atoms with Gasteiger partial charge in [0.2, 0.25) is 11.8 Å². The highest BCUT2D eigenvalue weighted by Gasteiger charge is 2.30. The lowest BCUT2D eigenvalue weighted by atomic mass is 9.88. The first kappa shape index (κ1) is 19.7. The summed E-state index contributed by atoms with van der Waals surface area (Å²) >= 11 is 0. The summed E-state index contributed by atoms with van der Waals surface area (Å²) < 4.78 is 1.99. The molecule has 154 valence electrons. The predicted molar refractivity (Wildman–Crippen MR) is 113 cm³/mol. The molecule has 29 heavy (non-hydrogen) atoms. The summed E-state index contributed by atoms with van der Waals surface area (Å²) in [5, 5.41) is 7.79. The third-order valence-electron chi connectivity index (χ3n) is 6.30. The summed E-state index contributed by atoms with van der Waals surface area (Å²) in [4.78, 5) is 27.0. The second-order valence-corrected chi connectivity index (χ2v) is 8.25. The number of carbonyl (C=O) groups excluding carboxylic acids is 2. The highest BCUT2D eigenvalue weighted by Crippen LogP contribution is 2.35. The van der Waals surface area contributed by atoms with Gasteiger partial charge >= 0.3 is 0 Å². The standard InChI is InChI=1S/C23H30N4O2/c1-3-21(28)26-13-7-10-18(15-26)23(29)25-22-16(2)14-24-27(22)20-12-6-9-17-8-4-5-11-19(17)20/h4-5,8,11,14,18,20H,3,6-7,9-10,12-13,15H2,1-2H3,(H,25,29). The Kier molecular flexibility index (Phi) is 5.69. The van der Waals surface area contributed by atoms with Gasteiger partial charge in [0.05, 0.1) is 18.2 Å². The fourth-order valence-corrected chi connectivity index (χ4v) is 4.68. The average Bonchev–Trinajstić information content (AvgIpc) is 3.12. The minimum atomic E-state index is -0.166. The zero-order valence-electron chi connectivity index (χ0n) is 17.4. The number of carbonyl (C=O) groups is 2. The van der Waals surface area contributed by atoms with Crippen LogP contribution in [0.4, 0.5) is 5.82 Å². The fourth-order valence-electron chi connectivity index (χ4n) is 4.68. The Bertz CT molecular complexity index is 904. The van der Waals surface area contributed by atoms with Gasteiger partial charge in [0.25, 0.3) is 0 Å². The topological polar surface area (TPSA) is 67.2 Å². The molecule has 2 amide bonds. The van der Waals surface area contributed by atoms with E-state index in [-0.39, 0.29) is 23.8 Å². The number of hydrogen-bond donors (Lipinski definition) is 1. The van der Waals surface area contributed by atoms with Crippen molar-refractivity contribution in [3.8, 4) is 0 Å². The van der Waals surface area contributed by atoms with Crippen molar-refractivity contribution < 1.29 is 9.59 Å². The highest BCUT2D eigenvalue weighted by molar-refractivity contribution is 5.93. The van der Waals surface area contributed by atoms with Gasteiger partial charge in [0.15, 0.2) is 0 Å². The van der Waals surface area contributed by atoms with Crippen LogP contribution in [0.5, 0.6) is 0 Å². The third-order valence-corrected chi connectivity index (χ3v) is 6.30. The van der Waals surface area contributed by atoms with Gasteiger partial charge in [0, 0.05) is 25.1 Å². The predicted octanol–water partition coefficient (Wildman–Crippen LogP) is 3.70. The summed E-state index contributed by atoms with van der Waals surface area (Å²) in [5.74, 6) is 0.742. The van der Waals surface area contributed by atoms with Crippen LogP contribution in [0.3, 0.4) is 0 Å². The molecule has 6 heteroatoms. The summed E-state index contributed by atoms with van der Waals surface area (Å²) in [6.45, 7) is 5.13. The number of hydrogen-bond acceptors (Lipinski definition) is 3. The number of benzene rings is 1. The van der Waals surface area contributed by atoms with E-state index in [2.05, 4.69) is 34.7 Å². The van der Waals surface area contributed by atoms with E-state index in [0.29, 0.717) is 13.0 Å². The Hall–Kier alpha value is -2.63. The monoisotopic (exact) mass is 394 g/mol. The van der Waals surface area contributed by atoms with Crippen molar-refractivity contribution >= 4 is 17.6 Å². The molecule has 2 unspecified atom stereocenters. The number of likely N-dealkylation sites (tertiary alicyclic amines) is 1. The third kappa shape index (κ3) is 3.93. The van der Waals surface area contributed by atoms with E-state index in [1.165, 1.54) is 11.1 Å². The maximum Gasteiger partial charge on any atom is 0.230 e. The number of rotatable bonds is 4. The zero-order chi connectivity index (χ0) is 20.4. The first-order valence-electron chi connectivity index (χ1n) is 10.8. The second kappa shape index (κ2) is 8.39. The fraction of sp³-hybridized carbons (Fsp3) is 0.522. The van der Waals surface area contributed by atoms with Crippen LogP contribution in [-0.2, 0) is 16.0 Å². The average molecular weight is 395 g/mol. The van der Waals surface area contributed by atoms with Crippen LogP contribution in [0.1, 0.15) is 61.8 Å². The molecule has 2 atom stereocenters. The molecule has 1 fully saturated rings. The number of aromatic nitrogens is 2. The van der Waals surface area contributed by atoms with Crippen molar-refractivity contribution in [2.24, 2.45) is 5.92 Å². The van der Waals surface area contributed by atoms with Gasteiger partial charge < -0.3 is 10.2 Å². The number of nitrogens with one attached hydrogen (secondary N) is 1. The normalized spacial score (nSPS) is 21.5. The zero-order valence-corrected chi connectivity index (χ0v) is 17.4. The van der Waals surface area contributed by atoms with Gasteiger partial charge in [-0.05, 0) is 50.2 Å². The van der Waals surface area contributed by atoms with Gasteiger partial charge in [0.1, 0.15) is 5.82 Å². The Labute approximate surface area is 172 Å². The van der Waals surface area contributed by atoms with Crippen molar-refractivity contribution in [2.75, 3.05) is 18.4 Å². The summed E-state index contributed by atoms with van der Waals surface area (Å²) in [6.07, 6.45) is 7.24. The Morgan fingerprint density at radius 3 is 2.86 bits per heavy atom. The number of aryl methyl sites for hydroxylation is 2. The van der Waals surface area contributed by atoms with E-state index in [0.717, 1.165) is 50.0 Å². The lowest BCUT2D eigenvalue weighted by Crippen LogP contribution is -2.43. The van der Waals surface area contributed by atoms with Crippen LogP contribution in [0.2, 0.25) is 0 Å². The van der Waals surface area contributed by atoms with Crippen molar-refractivity contribution in [1.29, 1.82) is 0 Å². The van der Waals surface area contributed by atoms with Crippen LogP contribution in [0.25, 0.3) is 0 Å². The van der Waals surface area contributed by atoms with E-state index in [1.807, 2.05) is 29.6 Å². The summed E-state index contributed by atoms with van der Waals surface area (Å²) in [5.41, 5.74) is 3.64. The Morgan fingerprint density at radius 2 is 2.03 bits per heavy atom. The van der Waals surface area contributed by atoms with E-state index in [1.54, 1.807) is 0 Å². The van der Waals surface area contributed by atoms with Gasteiger partial charge in [-0.1, -0.05) is 31.2 Å². The molecule has 1 aromatic heterocycles. The van der Waals surface area contributed by atoms with Crippen LogP contribution in [0.15, 0.2) is 30.5 Å². The molecule has 1 aromatic carbocycles. The Morgan fingerprint density at radius 1 is 1.21 bits per heavy atom. The number of piperidine rings is 1. The Balaban J connectivity index is 1.54. The second-order valence-electron chi connectivity index (χ2n) is 8.25. The van der Waals surface area contributed by atoms with Crippen molar-refractivity contribution in [3.63, 3.8) is 0 Å². The molecule has 0 saturated carbocycles. The smallest absolute Gasteiger partial charge is 0.230 e. The van der Waals surface area contributed by atoms with Gasteiger partial charge in [-0.3, -0.25) is 9.59 Å². The van der Waals surface area contributed by atoms with Crippen LogP contribution >= 0.6 is 0 Å². The molecule has 4 rings (SSSR count). The first-order valence-corrected chi connectivity index (χ1v) is 10.8. The lowest BCUT2D eigenvalue weighted by Gasteiger charge is -2.32. The number of anilines is 1.